The maximum absolute atomic E-state index is 13.2. The molecule has 2 heterocycles. The Morgan fingerprint density at radius 3 is 2.44 bits per heavy atom. The Kier molecular flexibility index (Phi) is 6.19. The summed E-state index contributed by atoms with van der Waals surface area (Å²) in [5.41, 5.74) is 2.08. The summed E-state index contributed by atoms with van der Waals surface area (Å²) >= 11 is 6.15. The fourth-order valence-electron chi connectivity index (χ4n) is 6.97. The number of rotatable bonds is 5. The molecule has 3 saturated carbocycles. The second-order valence-corrected chi connectivity index (χ2v) is 12.9. The number of aliphatic hydroxyl groups is 1. The summed E-state index contributed by atoms with van der Waals surface area (Å²) in [6.07, 6.45) is 10.6. The van der Waals surface area contributed by atoms with E-state index in [9.17, 15) is 9.32 Å². The van der Waals surface area contributed by atoms with E-state index < -0.39 is 10.8 Å². The van der Waals surface area contributed by atoms with Gasteiger partial charge in [0.25, 0.3) is 0 Å². The van der Waals surface area contributed by atoms with Gasteiger partial charge in [0.05, 0.1) is 28.6 Å². The molecule has 3 fully saturated rings. The number of aromatic nitrogens is 2. The molecule has 2 N–H and O–H groups in total. The maximum Gasteiger partial charge on any atom is 0.146 e. The Bertz CT molecular complexity index is 1070. The topological polar surface area (TPSA) is 75.1 Å². The van der Waals surface area contributed by atoms with E-state index in [1.807, 2.05) is 12.1 Å². The molecule has 0 amide bonds. The van der Waals surface area contributed by atoms with E-state index in [1.165, 1.54) is 18.4 Å². The molecule has 7 heteroatoms. The summed E-state index contributed by atoms with van der Waals surface area (Å²) in [6, 6.07) is 8.46. The lowest BCUT2D eigenvalue weighted by atomic mass is 9.70. The van der Waals surface area contributed by atoms with E-state index in [2.05, 4.69) is 17.4 Å². The molecular weight excluding hydrogens is 466 g/mol. The first-order valence-electron chi connectivity index (χ1n) is 13.0. The van der Waals surface area contributed by atoms with Crippen LogP contribution in [-0.2, 0) is 17.2 Å². The van der Waals surface area contributed by atoms with Crippen LogP contribution in [0.25, 0.3) is 0 Å². The van der Waals surface area contributed by atoms with Gasteiger partial charge in [-0.15, -0.1) is 0 Å². The van der Waals surface area contributed by atoms with Crippen molar-refractivity contribution in [3.63, 3.8) is 0 Å². The second-order valence-electron chi connectivity index (χ2n) is 11.0. The van der Waals surface area contributed by atoms with Gasteiger partial charge >= 0.3 is 0 Å². The average molecular weight is 500 g/mol. The van der Waals surface area contributed by atoms with Crippen molar-refractivity contribution < 1.29 is 9.32 Å². The molecule has 5 nitrogen and oxygen atoms in total. The molecule has 3 atom stereocenters. The van der Waals surface area contributed by atoms with E-state index in [4.69, 9.17) is 21.6 Å². The highest BCUT2D eigenvalue weighted by Crippen LogP contribution is 2.56. The van der Waals surface area contributed by atoms with Crippen LogP contribution in [-0.4, -0.2) is 37.2 Å². The largest absolute Gasteiger partial charge is 0.394 e. The first kappa shape index (κ1) is 22.9. The highest BCUT2D eigenvalue weighted by Gasteiger charge is 2.45. The third-order valence-electron chi connectivity index (χ3n) is 8.89. The van der Waals surface area contributed by atoms with Gasteiger partial charge in [0.15, 0.2) is 0 Å². The predicted molar refractivity (Wildman–Crippen MR) is 136 cm³/mol. The quantitative estimate of drug-likeness (QED) is 0.561. The van der Waals surface area contributed by atoms with E-state index in [-0.39, 0.29) is 12.1 Å². The number of nitrogens with zero attached hydrogens (tertiary/aromatic N) is 2. The fourth-order valence-corrected chi connectivity index (χ4v) is 8.48. The zero-order chi connectivity index (χ0) is 23.3. The molecule has 1 aliphatic heterocycles. The average Bonchev–Trinajstić information content (AvgIpc) is 2.96. The van der Waals surface area contributed by atoms with Crippen molar-refractivity contribution >= 4 is 28.2 Å². The van der Waals surface area contributed by atoms with Crippen molar-refractivity contribution in [2.75, 3.05) is 17.7 Å². The molecule has 34 heavy (non-hydrogen) atoms. The molecule has 0 radical (unpaired) electrons. The number of nitrogens with one attached hydrogen (secondary N) is 1. The smallest absolute Gasteiger partial charge is 0.146 e. The van der Waals surface area contributed by atoms with Crippen molar-refractivity contribution in [2.45, 2.75) is 86.5 Å². The van der Waals surface area contributed by atoms with Gasteiger partial charge in [0.2, 0.25) is 0 Å². The lowest BCUT2D eigenvalue weighted by Gasteiger charge is -2.42. The first-order chi connectivity index (χ1) is 16.5. The number of hydrogen-bond donors (Lipinski definition) is 2. The minimum atomic E-state index is -1.09. The first-order valence-corrected chi connectivity index (χ1v) is 14.7. The molecule has 3 unspecified atom stereocenters. The zero-order valence-electron chi connectivity index (χ0n) is 19.6. The standard InChI is InChI=1S/C27H34ClN3O2S/c28-21-9-7-17(8-10-21)23-18-5-6-19(23)15-20(14-18)25-29-22-4-1-2-13-34(33)24(22)26(30-25)31-27(16-32)11-3-12-27/h7-10,18-20,23,32H,1-6,11-16H2,(H,29,30,31). The van der Waals surface area contributed by atoms with Crippen molar-refractivity contribution in [1.82, 2.24) is 9.97 Å². The Morgan fingerprint density at radius 1 is 1.06 bits per heavy atom. The van der Waals surface area contributed by atoms with Gasteiger partial charge in [-0.2, -0.15) is 0 Å². The van der Waals surface area contributed by atoms with Crippen LogP contribution < -0.4 is 5.32 Å². The van der Waals surface area contributed by atoms with Crippen LogP contribution in [0.2, 0.25) is 5.02 Å². The molecule has 1 aromatic heterocycles. The summed E-state index contributed by atoms with van der Waals surface area (Å²) in [5, 5.41) is 14.5. The summed E-state index contributed by atoms with van der Waals surface area (Å²) < 4.78 is 13.2. The zero-order valence-corrected chi connectivity index (χ0v) is 21.2. The highest BCUT2D eigenvalue weighted by molar-refractivity contribution is 7.85. The van der Waals surface area contributed by atoms with Gasteiger partial charge in [-0.05, 0) is 99.7 Å². The number of fused-ring (bicyclic) bond motifs is 3. The normalized spacial score (nSPS) is 31.9. The lowest BCUT2D eigenvalue weighted by Crippen LogP contribution is -2.49. The molecule has 2 bridgehead atoms. The molecule has 3 aliphatic carbocycles. The molecule has 2 aromatic rings. The van der Waals surface area contributed by atoms with E-state index in [1.54, 1.807) is 0 Å². The van der Waals surface area contributed by atoms with Crippen molar-refractivity contribution in [2.24, 2.45) is 11.8 Å². The maximum atomic E-state index is 13.2. The minimum Gasteiger partial charge on any atom is -0.394 e. The van der Waals surface area contributed by atoms with Crippen LogP contribution in [0, 0.1) is 11.8 Å². The molecule has 6 rings (SSSR count). The summed E-state index contributed by atoms with van der Waals surface area (Å²) in [4.78, 5) is 11.0. The van der Waals surface area contributed by atoms with Gasteiger partial charge in [-0.1, -0.05) is 23.7 Å². The number of aryl methyl sites for hydroxylation is 1. The molecule has 0 saturated heterocycles. The van der Waals surface area contributed by atoms with Crippen LogP contribution in [0.4, 0.5) is 5.82 Å². The minimum absolute atomic E-state index is 0.0874. The highest BCUT2D eigenvalue weighted by atomic mass is 35.5. The van der Waals surface area contributed by atoms with Gasteiger partial charge in [0.1, 0.15) is 16.5 Å². The lowest BCUT2D eigenvalue weighted by molar-refractivity contribution is 0.143. The van der Waals surface area contributed by atoms with Gasteiger partial charge < -0.3 is 10.4 Å². The van der Waals surface area contributed by atoms with Crippen molar-refractivity contribution in [1.29, 1.82) is 0 Å². The molecular formula is C27H34ClN3O2S. The van der Waals surface area contributed by atoms with Crippen LogP contribution in [0.3, 0.4) is 0 Å². The molecule has 0 spiro atoms. The predicted octanol–water partition coefficient (Wildman–Crippen LogP) is 5.59. The number of anilines is 1. The Balaban J connectivity index is 1.32. The summed E-state index contributed by atoms with van der Waals surface area (Å²) in [7, 11) is -1.09. The number of halogens is 1. The third kappa shape index (κ3) is 4.10. The van der Waals surface area contributed by atoms with Crippen molar-refractivity contribution in [3.05, 3.63) is 46.4 Å². The monoisotopic (exact) mass is 499 g/mol. The van der Waals surface area contributed by atoms with E-state index in [0.29, 0.717) is 29.4 Å². The summed E-state index contributed by atoms with van der Waals surface area (Å²) in [5.74, 6) is 4.58. The van der Waals surface area contributed by atoms with Gasteiger partial charge in [0, 0.05) is 16.7 Å². The van der Waals surface area contributed by atoms with Crippen LogP contribution >= 0.6 is 11.6 Å². The molecule has 182 valence electrons. The van der Waals surface area contributed by atoms with Crippen LogP contribution in [0.15, 0.2) is 29.2 Å². The molecule has 1 aromatic carbocycles. The summed E-state index contributed by atoms with van der Waals surface area (Å²) in [6.45, 7) is 0.0874. The number of aliphatic hydroxyl groups excluding tert-OH is 1. The SMILES string of the molecule is O=S1CCCCc2nc(C3CC4CCC(C3)C4c3ccc(Cl)cc3)nc(NC3(CO)CCC3)c21. The Labute approximate surface area is 209 Å². The van der Waals surface area contributed by atoms with E-state index in [0.717, 1.165) is 78.6 Å². The Hall–Kier alpha value is -1.50. The van der Waals surface area contributed by atoms with Crippen LogP contribution in [0.1, 0.15) is 86.7 Å². The number of hydrogen-bond acceptors (Lipinski definition) is 5. The van der Waals surface area contributed by atoms with Gasteiger partial charge in [-0.3, -0.25) is 4.21 Å². The third-order valence-corrected chi connectivity index (χ3v) is 10.7. The second kappa shape index (κ2) is 9.18. The fraction of sp³-hybridized carbons (Fsp3) is 0.630. The Morgan fingerprint density at radius 2 is 1.79 bits per heavy atom. The molecule has 4 aliphatic rings. The van der Waals surface area contributed by atoms with Gasteiger partial charge in [-0.25, -0.2) is 9.97 Å². The number of benzene rings is 1. The van der Waals surface area contributed by atoms with Crippen molar-refractivity contribution in [3.8, 4) is 0 Å². The van der Waals surface area contributed by atoms with Crippen LogP contribution in [0.5, 0.6) is 0 Å². The van der Waals surface area contributed by atoms with E-state index >= 15 is 0 Å².